The fourth-order valence-electron chi connectivity index (χ4n) is 8.39. The molecule has 0 aliphatic heterocycles. The molecule has 0 radical (unpaired) electrons. The molecule has 2 aliphatic carbocycles. The van der Waals surface area contributed by atoms with E-state index in [1.165, 1.54) is 41.1 Å². The maximum atomic E-state index is 13.1. The molecule has 27 heteroatoms. The van der Waals surface area contributed by atoms with Gasteiger partial charge in [-0.25, -0.2) is 65.8 Å². The third-order valence-corrected chi connectivity index (χ3v) is 17.9. The third kappa shape index (κ3) is 18.4. The molecule has 2 aromatic carbocycles. The van der Waals surface area contributed by atoms with Gasteiger partial charge in [0.15, 0.2) is 0 Å². The highest BCUT2D eigenvalue weighted by molar-refractivity contribution is 7.90. The van der Waals surface area contributed by atoms with E-state index in [-0.39, 0.29) is 69.3 Å². The number of halogens is 3. The van der Waals surface area contributed by atoms with Crippen LogP contribution in [0.5, 0.6) is 0 Å². The van der Waals surface area contributed by atoms with Crippen LogP contribution < -0.4 is 31.1 Å². The predicted octanol–water partition coefficient (Wildman–Crippen LogP) is 11.1. The van der Waals surface area contributed by atoms with Gasteiger partial charge in [0.2, 0.25) is 30.6 Å². The minimum Gasteiger partial charge on any atom is -0.447 e. The number of ether oxygens (including phenoxy) is 2. The van der Waals surface area contributed by atoms with Crippen LogP contribution in [0.25, 0.3) is 20.9 Å². The van der Waals surface area contributed by atoms with Gasteiger partial charge in [-0.05, 0) is 139 Å². The van der Waals surface area contributed by atoms with E-state index in [4.69, 9.17) is 50.0 Å². The molecule has 2 saturated carbocycles. The largest absolute Gasteiger partial charge is 0.447 e. The number of nitrogens with two attached hydrogens (primary N) is 1. The monoisotopic (exact) mass is 1190 g/mol. The number of nitrogens with zero attached hydrogens (tertiary/aromatic N) is 6. The van der Waals surface area contributed by atoms with Crippen LogP contribution in [0, 0.1) is 0 Å². The lowest BCUT2D eigenvalue weighted by Gasteiger charge is -2.28. The van der Waals surface area contributed by atoms with Crippen molar-refractivity contribution in [1.29, 1.82) is 0 Å². The van der Waals surface area contributed by atoms with Crippen LogP contribution in [0.15, 0.2) is 83.1 Å². The Morgan fingerprint density at radius 2 is 1.09 bits per heavy atom. The van der Waals surface area contributed by atoms with Gasteiger partial charge in [-0.1, -0.05) is 37.6 Å². The van der Waals surface area contributed by atoms with Gasteiger partial charge in [0.1, 0.15) is 11.0 Å². The van der Waals surface area contributed by atoms with Crippen LogP contribution >= 0.6 is 57.5 Å². The van der Waals surface area contributed by atoms with E-state index in [0.29, 0.717) is 45.9 Å². The molecule has 2 amide bonds. The Labute approximate surface area is 472 Å². The summed E-state index contributed by atoms with van der Waals surface area (Å²) in [5.74, 6) is 0.998. The first kappa shape index (κ1) is 60.9. The van der Waals surface area contributed by atoms with Gasteiger partial charge in [-0.15, -0.1) is 22.7 Å². The number of aromatic nitrogens is 6. The summed E-state index contributed by atoms with van der Waals surface area (Å²) in [5.41, 5.74) is 7.97. The Kier molecular flexibility index (Phi) is 22.6. The van der Waals surface area contributed by atoms with E-state index in [2.05, 4.69) is 55.3 Å². The molecule has 2 aliphatic rings. The van der Waals surface area contributed by atoms with Gasteiger partial charge in [-0.3, -0.25) is 0 Å². The fourth-order valence-corrected chi connectivity index (χ4v) is 13.8. The van der Waals surface area contributed by atoms with Crippen molar-refractivity contribution in [2.75, 3.05) is 24.1 Å². The molecular weight excluding hydrogens is 1130 g/mol. The number of amides is 2. The van der Waals surface area contributed by atoms with Gasteiger partial charge in [0, 0.05) is 84.3 Å². The van der Waals surface area contributed by atoms with Crippen molar-refractivity contribution in [2.24, 2.45) is 0 Å². The molecule has 4 aromatic heterocycles. The van der Waals surface area contributed by atoms with E-state index in [1.807, 2.05) is 27.7 Å². The molecule has 20 nitrogen and oxygen atoms in total. The van der Waals surface area contributed by atoms with Crippen molar-refractivity contribution in [3.8, 4) is 20.9 Å². The van der Waals surface area contributed by atoms with Gasteiger partial charge < -0.3 is 31.2 Å². The van der Waals surface area contributed by atoms with Crippen LogP contribution in [0.4, 0.5) is 26.8 Å². The molecule has 4 heterocycles. The molecule has 8 rings (SSSR count). The molecule has 0 bridgehead atoms. The first-order chi connectivity index (χ1) is 36.6. The lowest BCUT2D eigenvalue weighted by Crippen LogP contribution is -2.38. The SMILES string of the molecule is CCNS(=O)(=O)c1cc(N)ccc1-c1cnc(C2CCC(NC(=O)OC(C)C)CC2)s1.CCNS(=O)(=O)c1cc(Nc2ccnc(Cl)n2)ccc1-c1cnc(C2CCC(NC(=O)OC(C)C)CC2)s1.Clc1ccnc(Cl)n1. The molecule has 2 fully saturated rings. The average molecular weight is 1190 g/mol. The Hall–Kier alpha value is -5.31. The number of nitrogen functional groups attached to an aromatic ring is 1. The highest BCUT2D eigenvalue weighted by atomic mass is 35.5. The second-order valence-electron chi connectivity index (χ2n) is 18.4. The molecule has 77 heavy (non-hydrogen) atoms. The number of hydrogen-bond acceptors (Lipinski definition) is 18. The van der Waals surface area contributed by atoms with Gasteiger partial charge in [-0.2, -0.15) is 0 Å². The van der Waals surface area contributed by atoms with Crippen molar-refractivity contribution in [2.45, 2.75) is 139 Å². The van der Waals surface area contributed by atoms with Crippen LogP contribution in [-0.2, 0) is 29.5 Å². The van der Waals surface area contributed by atoms with E-state index < -0.39 is 20.0 Å². The second kappa shape index (κ2) is 28.5. The van der Waals surface area contributed by atoms with Crippen LogP contribution in [0.1, 0.15) is 115 Å². The fraction of sp³-hybridized carbons (Fsp3) is 0.440. The number of carbonyl (C=O) groups excluding carboxylic acids is 2. The summed E-state index contributed by atoms with van der Waals surface area (Å²) in [6.45, 7) is 11.3. The first-order valence-corrected chi connectivity index (χ1v) is 30.6. The number of rotatable bonds is 16. The number of carbonyl (C=O) groups is 2. The van der Waals surface area contributed by atoms with Crippen molar-refractivity contribution in [3.63, 3.8) is 0 Å². The Bertz CT molecular complexity index is 3140. The molecular formula is C50H63Cl3N12O8S4. The Morgan fingerprint density at radius 1 is 0.636 bits per heavy atom. The standard InChI is InChI=1S/C25H31ClN6O4S2.C21H30N4O4S2.C4H2Cl2N2/c1-4-29-38(34,35)21-13-18(30-22-11-12-27-24(26)32-22)9-10-19(21)20-14-28-23(37-20)16-5-7-17(8-6-16)31-25(33)36-15(2)3;1-4-24-31(27,28)19-11-15(22)7-10-17(19)18-12-23-20(30-18)14-5-8-16(9-6-14)25-21(26)29-13(2)3;5-3-1-2-7-4(6)8-3/h9-17,29H,4-8H2,1-3H3,(H,31,33)(H,27,30,32);7,10-14,16,24H,4-6,8-9,22H2,1-3H3,(H,25,26);1-2H. The van der Waals surface area contributed by atoms with E-state index in [9.17, 15) is 26.4 Å². The number of nitrogens with one attached hydrogen (secondary N) is 5. The summed E-state index contributed by atoms with van der Waals surface area (Å²) in [6, 6.07) is 13.5. The predicted molar refractivity (Wildman–Crippen MR) is 303 cm³/mol. The second-order valence-corrected chi connectivity index (χ2v) is 25.0. The molecule has 0 saturated heterocycles. The highest BCUT2D eigenvalue weighted by Gasteiger charge is 2.30. The number of anilines is 3. The number of sulfonamides is 2. The summed E-state index contributed by atoms with van der Waals surface area (Å²) < 4.78 is 67.0. The van der Waals surface area contributed by atoms with Crippen LogP contribution in [-0.4, -0.2) is 96.3 Å². The smallest absolute Gasteiger partial charge is 0.407 e. The summed E-state index contributed by atoms with van der Waals surface area (Å²) >= 11 is 19.6. The lowest BCUT2D eigenvalue weighted by molar-refractivity contribution is 0.108. The number of alkyl carbamates (subject to hydrolysis) is 2. The topological polar surface area (TPSA) is 284 Å². The number of benzene rings is 2. The zero-order valence-electron chi connectivity index (χ0n) is 43.3. The molecule has 0 unspecified atom stereocenters. The average Bonchev–Trinajstić information content (AvgIpc) is 4.06. The van der Waals surface area contributed by atoms with Gasteiger partial charge in [0.05, 0.1) is 41.8 Å². The number of hydrogen-bond donors (Lipinski definition) is 6. The summed E-state index contributed by atoms with van der Waals surface area (Å²) in [5, 5.41) is 11.5. The highest BCUT2D eigenvalue weighted by Crippen LogP contribution is 2.42. The van der Waals surface area contributed by atoms with E-state index in [0.717, 1.165) is 71.1 Å². The van der Waals surface area contributed by atoms with Crippen molar-refractivity contribution >= 4 is 107 Å². The Morgan fingerprint density at radius 3 is 1.52 bits per heavy atom. The maximum Gasteiger partial charge on any atom is 0.407 e. The summed E-state index contributed by atoms with van der Waals surface area (Å²) in [7, 11) is -7.44. The third-order valence-electron chi connectivity index (χ3n) is 11.8. The van der Waals surface area contributed by atoms with E-state index in [1.54, 1.807) is 68.7 Å². The van der Waals surface area contributed by atoms with Gasteiger partial charge in [0.25, 0.3) is 0 Å². The molecule has 0 atom stereocenters. The first-order valence-electron chi connectivity index (χ1n) is 24.9. The maximum absolute atomic E-state index is 13.1. The van der Waals surface area contributed by atoms with Gasteiger partial charge >= 0.3 is 12.2 Å². The lowest BCUT2D eigenvalue weighted by atomic mass is 9.86. The van der Waals surface area contributed by atoms with E-state index >= 15 is 0 Å². The van der Waals surface area contributed by atoms with Crippen molar-refractivity contribution in [3.05, 3.63) is 99.1 Å². The summed E-state index contributed by atoms with van der Waals surface area (Å²) in [6.07, 6.45) is 12.4. The number of thiazole rings is 2. The molecule has 6 aromatic rings. The van der Waals surface area contributed by atoms with Crippen molar-refractivity contribution < 1.29 is 35.9 Å². The molecule has 0 spiro atoms. The summed E-state index contributed by atoms with van der Waals surface area (Å²) in [4.78, 5) is 50.0. The molecule has 416 valence electrons. The zero-order chi connectivity index (χ0) is 55.9. The normalized spacial score (nSPS) is 17.5. The Balaban J connectivity index is 0.000000221. The van der Waals surface area contributed by atoms with Crippen LogP contribution in [0.2, 0.25) is 15.7 Å². The van der Waals surface area contributed by atoms with Crippen molar-refractivity contribution in [1.82, 2.24) is 50.0 Å². The van der Waals surface area contributed by atoms with Crippen LogP contribution in [0.3, 0.4) is 0 Å². The minimum atomic E-state index is -3.78. The quantitative estimate of drug-likeness (QED) is 0.0298. The zero-order valence-corrected chi connectivity index (χ0v) is 48.8. The molecule has 7 N–H and O–H groups in total. The minimum absolute atomic E-state index is 0.0820.